The molecule has 0 saturated carbocycles. The number of amides is 1. The molecule has 0 aromatic rings. The molecule has 0 aromatic carbocycles. The highest BCUT2D eigenvalue weighted by Crippen LogP contribution is 2.21. The molecule has 1 atom stereocenters. The summed E-state index contributed by atoms with van der Waals surface area (Å²) in [5.41, 5.74) is 5.58. The Bertz CT molecular complexity index is 278. The van der Waals surface area contributed by atoms with Gasteiger partial charge in [0.25, 0.3) is 0 Å². The normalized spacial score (nSPS) is 14.0. The number of alkyl halides is 3. The molecule has 0 heterocycles. The highest BCUT2D eigenvalue weighted by atomic mass is 19.4. The lowest BCUT2D eigenvalue weighted by molar-refractivity contribution is -0.165. The second kappa shape index (κ2) is 7.72. The Kier molecular flexibility index (Phi) is 7.41. The van der Waals surface area contributed by atoms with Gasteiger partial charge in [0.05, 0.1) is 0 Å². The average Bonchev–Trinajstić information content (AvgIpc) is 2.22. The zero-order chi connectivity index (χ0) is 15.2. The van der Waals surface area contributed by atoms with Crippen LogP contribution in [0.25, 0.3) is 0 Å². The Hall–Kier alpha value is -0.780. The third-order valence-corrected chi connectivity index (χ3v) is 2.89. The number of hydrogen-bond donors (Lipinski definition) is 1. The van der Waals surface area contributed by atoms with E-state index in [-0.39, 0.29) is 12.3 Å². The maximum atomic E-state index is 12.4. The summed E-state index contributed by atoms with van der Waals surface area (Å²) < 4.78 is 37.3. The fourth-order valence-electron chi connectivity index (χ4n) is 2.05. The van der Waals surface area contributed by atoms with Crippen LogP contribution < -0.4 is 5.73 Å². The summed E-state index contributed by atoms with van der Waals surface area (Å²) in [6, 6.07) is -0.466. The van der Waals surface area contributed by atoms with Crippen molar-refractivity contribution < 1.29 is 18.0 Å². The Morgan fingerprint density at radius 1 is 1.21 bits per heavy atom. The molecular weight excluding hydrogens is 257 g/mol. The molecule has 0 rings (SSSR count). The third kappa shape index (κ3) is 8.08. The Morgan fingerprint density at radius 2 is 1.74 bits per heavy atom. The molecule has 0 spiro atoms. The maximum Gasteiger partial charge on any atom is 0.406 e. The van der Waals surface area contributed by atoms with E-state index in [2.05, 4.69) is 0 Å². The van der Waals surface area contributed by atoms with Crippen LogP contribution in [0.5, 0.6) is 0 Å². The lowest BCUT2D eigenvalue weighted by atomic mass is 9.93. The van der Waals surface area contributed by atoms with Crippen LogP contribution in [-0.2, 0) is 4.79 Å². The van der Waals surface area contributed by atoms with Gasteiger partial charge in [0.15, 0.2) is 0 Å². The number of hydrogen-bond acceptors (Lipinski definition) is 2. The summed E-state index contributed by atoms with van der Waals surface area (Å²) in [6.45, 7) is 6.31. The maximum absolute atomic E-state index is 12.4. The largest absolute Gasteiger partial charge is 0.406 e. The highest BCUT2D eigenvalue weighted by molar-refractivity contribution is 5.76. The zero-order valence-electron chi connectivity index (χ0n) is 12.1. The predicted octanol–water partition coefficient (Wildman–Crippen LogP) is 2.80. The Morgan fingerprint density at radius 3 is 2.05 bits per heavy atom. The molecule has 3 nitrogen and oxygen atoms in total. The fourth-order valence-corrected chi connectivity index (χ4v) is 2.05. The molecule has 0 saturated heterocycles. The first-order valence-electron chi connectivity index (χ1n) is 6.63. The molecule has 0 aliphatic carbocycles. The van der Waals surface area contributed by atoms with Gasteiger partial charge < -0.3 is 10.6 Å². The van der Waals surface area contributed by atoms with Crippen LogP contribution in [0.4, 0.5) is 13.2 Å². The van der Waals surface area contributed by atoms with E-state index in [4.69, 9.17) is 5.73 Å². The van der Waals surface area contributed by atoms with Crippen molar-refractivity contribution in [3.05, 3.63) is 0 Å². The first kappa shape index (κ1) is 18.2. The standard InChI is InChI=1S/C13H25F3N2O/c1-9(2)5-11(7-17)6-12(19)18(10(3)4)8-13(14,15)16/h9-11H,5-8,17H2,1-4H3/t11-/m0/s1. The van der Waals surface area contributed by atoms with Crippen LogP contribution in [0.2, 0.25) is 0 Å². The number of carbonyl (C=O) groups is 1. The first-order valence-corrected chi connectivity index (χ1v) is 6.63. The average molecular weight is 282 g/mol. The van der Waals surface area contributed by atoms with Crippen LogP contribution in [0.15, 0.2) is 0 Å². The van der Waals surface area contributed by atoms with Crippen molar-refractivity contribution in [3.63, 3.8) is 0 Å². The molecule has 0 bridgehead atoms. The Balaban J connectivity index is 4.63. The van der Waals surface area contributed by atoms with E-state index < -0.39 is 24.7 Å². The summed E-state index contributed by atoms with van der Waals surface area (Å²) >= 11 is 0. The van der Waals surface area contributed by atoms with E-state index in [1.165, 1.54) is 0 Å². The fraction of sp³-hybridized carbons (Fsp3) is 0.923. The number of nitrogens with zero attached hydrogens (tertiary/aromatic N) is 1. The van der Waals surface area contributed by atoms with Gasteiger partial charge in [-0.3, -0.25) is 4.79 Å². The van der Waals surface area contributed by atoms with E-state index in [1.54, 1.807) is 13.8 Å². The molecule has 1 amide bonds. The number of carbonyl (C=O) groups excluding carboxylic acids is 1. The SMILES string of the molecule is CC(C)C[C@H](CN)CC(=O)N(CC(F)(F)F)C(C)C. The van der Waals surface area contributed by atoms with Gasteiger partial charge in [0.1, 0.15) is 6.54 Å². The van der Waals surface area contributed by atoms with Gasteiger partial charge in [-0.25, -0.2) is 0 Å². The predicted molar refractivity (Wildman–Crippen MR) is 69.5 cm³/mol. The molecule has 0 aliphatic rings. The molecule has 2 N–H and O–H groups in total. The molecule has 0 aromatic heterocycles. The lowest BCUT2D eigenvalue weighted by Crippen LogP contribution is -2.44. The molecule has 0 unspecified atom stereocenters. The van der Waals surface area contributed by atoms with Crippen molar-refractivity contribution in [2.45, 2.75) is 52.8 Å². The third-order valence-electron chi connectivity index (χ3n) is 2.89. The van der Waals surface area contributed by atoms with Crippen LogP contribution >= 0.6 is 0 Å². The van der Waals surface area contributed by atoms with Gasteiger partial charge in [-0.15, -0.1) is 0 Å². The van der Waals surface area contributed by atoms with Crippen molar-refractivity contribution in [3.8, 4) is 0 Å². The van der Waals surface area contributed by atoms with Gasteiger partial charge in [0.2, 0.25) is 5.91 Å². The van der Waals surface area contributed by atoms with Gasteiger partial charge in [-0.2, -0.15) is 13.2 Å². The van der Waals surface area contributed by atoms with Crippen LogP contribution in [0, 0.1) is 11.8 Å². The monoisotopic (exact) mass is 282 g/mol. The second-order valence-corrected chi connectivity index (χ2v) is 5.67. The van der Waals surface area contributed by atoms with Gasteiger partial charge >= 0.3 is 6.18 Å². The van der Waals surface area contributed by atoms with Crippen LogP contribution in [0.1, 0.15) is 40.5 Å². The molecule has 6 heteroatoms. The molecule has 114 valence electrons. The highest BCUT2D eigenvalue weighted by Gasteiger charge is 2.34. The van der Waals surface area contributed by atoms with E-state index >= 15 is 0 Å². The quantitative estimate of drug-likeness (QED) is 0.780. The number of nitrogens with two attached hydrogens (primary N) is 1. The smallest absolute Gasteiger partial charge is 0.331 e. The first-order chi connectivity index (χ1) is 8.56. The van der Waals surface area contributed by atoms with Crippen LogP contribution in [-0.4, -0.2) is 36.1 Å². The summed E-state index contributed by atoms with van der Waals surface area (Å²) in [5, 5.41) is 0. The lowest BCUT2D eigenvalue weighted by Gasteiger charge is -2.29. The number of halogens is 3. The summed E-state index contributed by atoms with van der Waals surface area (Å²) in [6.07, 6.45) is -3.53. The summed E-state index contributed by atoms with van der Waals surface area (Å²) in [4.78, 5) is 12.9. The Labute approximate surface area is 113 Å². The molecule has 0 fully saturated rings. The van der Waals surface area contributed by atoms with Crippen molar-refractivity contribution >= 4 is 5.91 Å². The van der Waals surface area contributed by atoms with Crippen molar-refractivity contribution in [1.82, 2.24) is 4.90 Å². The van der Waals surface area contributed by atoms with E-state index in [0.717, 1.165) is 11.3 Å². The molecule has 0 aliphatic heterocycles. The van der Waals surface area contributed by atoms with Crippen LogP contribution in [0.3, 0.4) is 0 Å². The molecular formula is C13H25F3N2O. The van der Waals surface area contributed by atoms with Crippen molar-refractivity contribution in [2.75, 3.05) is 13.1 Å². The topological polar surface area (TPSA) is 46.3 Å². The minimum atomic E-state index is -4.36. The number of rotatable bonds is 7. The second-order valence-electron chi connectivity index (χ2n) is 5.67. The van der Waals surface area contributed by atoms with E-state index in [9.17, 15) is 18.0 Å². The molecule has 19 heavy (non-hydrogen) atoms. The van der Waals surface area contributed by atoms with Gasteiger partial charge in [0, 0.05) is 12.5 Å². The van der Waals surface area contributed by atoms with Crippen molar-refractivity contribution in [1.29, 1.82) is 0 Å². The van der Waals surface area contributed by atoms with Gasteiger partial charge in [-0.05, 0) is 38.6 Å². The van der Waals surface area contributed by atoms with E-state index in [1.807, 2.05) is 13.8 Å². The summed E-state index contributed by atoms with van der Waals surface area (Å²) in [5.74, 6) is -0.151. The minimum Gasteiger partial charge on any atom is -0.331 e. The summed E-state index contributed by atoms with van der Waals surface area (Å²) in [7, 11) is 0. The molecule has 0 radical (unpaired) electrons. The zero-order valence-corrected chi connectivity index (χ0v) is 12.1. The van der Waals surface area contributed by atoms with E-state index in [0.29, 0.717) is 12.5 Å². The van der Waals surface area contributed by atoms with Gasteiger partial charge in [-0.1, -0.05) is 13.8 Å². The minimum absolute atomic E-state index is 0.0537. The van der Waals surface area contributed by atoms with Crippen molar-refractivity contribution in [2.24, 2.45) is 17.6 Å².